The number of rotatable bonds is 5. The Labute approximate surface area is 162 Å². The van der Waals surface area contributed by atoms with Gasteiger partial charge < -0.3 is 5.32 Å². The number of nitrogens with one attached hydrogen (secondary N) is 1. The van der Waals surface area contributed by atoms with Crippen molar-refractivity contribution in [1.82, 2.24) is 9.97 Å². The second-order valence-electron chi connectivity index (χ2n) is 6.27. The van der Waals surface area contributed by atoms with Crippen LogP contribution in [0.5, 0.6) is 0 Å². The van der Waals surface area contributed by atoms with E-state index < -0.39 is 0 Å². The van der Waals surface area contributed by atoms with Gasteiger partial charge in [0.15, 0.2) is 5.82 Å². The minimum atomic E-state index is -0.334. The second kappa shape index (κ2) is 8.31. The van der Waals surface area contributed by atoms with Gasteiger partial charge in [-0.05, 0) is 56.2 Å². The molecule has 138 valence electrons. The van der Waals surface area contributed by atoms with Gasteiger partial charge in [-0.25, -0.2) is 14.4 Å². The molecule has 3 rings (SSSR count). The number of halogens is 1. The summed E-state index contributed by atoms with van der Waals surface area (Å²) in [5.41, 5.74) is 4.38. The molecule has 0 aliphatic carbocycles. The van der Waals surface area contributed by atoms with Crippen molar-refractivity contribution in [3.05, 3.63) is 71.2 Å². The average Bonchev–Trinajstić information content (AvgIpc) is 2.63. The van der Waals surface area contributed by atoms with Crippen LogP contribution in [-0.4, -0.2) is 21.6 Å². The summed E-state index contributed by atoms with van der Waals surface area (Å²) in [5.74, 6) is 0.246. The Morgan fingerprint density at radius 1 is 1.07 bits per heavy atom. The molecule has 1 N–H and O–H groups in total. The Hall–Kier alpha value is -2.73. The number of carbonyl (C=O) groups is 1. The van der Waals surface area contributed by atoms with Gasteiger partial charge in [-0.3, -0.25) is 4.79 Å². The Morgan fingerprint density at radius 2 is 1.85 bits per heavy atom. The van der Waals surface area contributed by atoms with E-state index in [0.717, 1.165) is 22.5 Å². The van der Waals surface area contributed by atoms with Crippen LogP contribution in [0.4, 0.5) is 10.1 Å². The van der Waals surface area contributed by atoms with Gasteiger partial charge in [-0.2, -0.15) is 0 Å². The van der Waals surface area contributed by atoms with E-state index in [-0.39, 0.29) is 17.5 Å². The molecular weight excluding hydrogens is 361 g/mol. The molecule has 4 nitrogen and oxygen atoms in total. The fourth-order valence-corrected chi connectivity index (χ4v) is 3.34. The van der Waals surface area contributed by atoms with Gasteiger partial charge >= 0.3 is 0 Å². The maximum absolute atomic E-state index is 13.5. The fraction of sp³-hybridized carbons (Fsp3) is 0.190. The number of thioether (sulfide) groups is 1. The Kier molecular flexibility index (Phi) is 5.86. The van der Waals surface area contributed by atoms with Crippen molar-refractivity contribution in [2.45, 2.75) is 25.8 Å². The van der Waals surface area contributed by atoms with Gasteiger partial charge in [0.25, 0.3) is 0 Å². The van der Waals surface area contributed by atoms with E-state index in [0.29, 0.717) is 16.4 Å². The van der Waals surface area contributed by atoms with Crippen LogP contribution in [0.1, 0.15) is 16.8 Å². The molecule has 2 aromatic carbocycles. The zero-order valence-electron chi connectivity index (χ0n) is 15.4. The van der Waals surface area contributed by atoms with Gasteiger partial charge in [0, 0.05) is 16.9 Å². The van der Waals surface area contributed by atoms with Crippen LogP contribution in [-0.2, 0) is 4.79 Å². The van der Waals surface area contributed by atoms with Crippen molar-refractivity contribution in [2.75, 3.05) is 11.1 Å². The minimum Gasteiger partial charge on any atom is -0.325 e. The summed E-state index contributed by atoms with van der Waals surface area (Å²) in [6.45, 7) is 5.85. The van der Waals surface area contributed by atoms with Crippen LogP contribution in [0.2, 0.25) is 0 Å². The second-order valence-corrected chi connectivity index (χ2v) is 7.26. The normalized spacial score (nSPS) is 10.7. The first kappa shape index (κ1) is 19.0. The first-order valence-corrected chi connectivity index (χ1v) is 9.51. The van der Waals surface area contributed by atoms with Crippen LogP contribution in [0.15, 0.2) is 53.6 Å². The zero-order valence-corrected chi connectivity index (χ0v) is 16.2. The Balaban J connectivity index is 1.70. The first-order chi connectivity index (χ1) is 12.9. The molecule has 0 unspecified atom stereocenters. The molecule has 0 atom stereocenters. The van der Waals surface area contributed by atoms with Gasteiger partial charge in [0.05, 0.1) is 5.75 Å². The highest BCUT2D eigenvalue weighted by molar-refractivity contribution is 7.99. The number of carbonyl (C=O) groups excluding carboxylic acids is 1. The van der Waals surface area contributed by atoms with E-state index in [4.69, 9.17) is 0 Å². The Bertz CT molecular complexity index is 991. The van der Waals surface area contributed by atoms with Crippen molar-refractivity contribution in [3.8, 4) is 11.4 Å². The molecule has 0 spiro atoms. The molecule has 1 aromatic heterocycles. The van der Waals surface area contributed by atoms with Crippen molar-refractivity contribution < 1.29 is 9.18 Å². The third kappa shape index (κ3) is 4.92. The van der Waals surface area contributed by atoms with Crippen molar-refractivity contribution >= 4 is 23.4 Å². The van der Waals surface area contributed by atoms with Crippen LogP contribution >= 0.6 is 11.8 Å². The van der Waals surface area contributed by atoms with E-state index in [1.165, 1.54) is 23.9 Å². The van der Waals surface area contributed by atoms with Gasteiger partial charge in [-0.15, -0.1) is 0 Å². The highest BCUT2D eigenvalue weighted by atomic mass is 32.2. The summed E-state index contributed by atoms with van der Waals surface area (Å²) in [6.07, 6.45) is 0. The van der Waals surface area contributed by atoms with Gasteiger partial charge in [0.1, 0.15) is 10.8 Å². The maximum Gasteiger partial charge on any atom is 0.234 e. The number of hydrogen-bond donors (Lipinski definition) is 1. The largest absolute Gasteiger partial charge is 0.325 e. The lowest BCUT2D eigenvalue weighted by molar-refractivity contribution is -0.113. The monoisotopic (exact) mass is 381 g/mol. The molecule has 1 heterocycles. The van der Waals surface area contributed by atoms with Gasteiger partial charge in [-0.1, -0.05) is 36.0 Å². The summed E-state index contributed by atoms with van der Waals surface area (Å²) in [4.78, 5) is 21.1. The number of aromatic nitrogens is 2. The molecule has 0 bridgehead atoms. The summed E-state index contributed by atoms with van der Waals surface area (Å²) in [5, 5.41) is 3.62. The summed E-state index contributed by atoms with van der Waals surface area (Å²) >= 11 is 1.33. The maximum atomic E-state index is 13.5. The summed E-state index contributed by atoms with van der Waals surface area (Å²) in [6, 6.07) is 13.8. The number of benzene rings is 2. The predicted octanol–water partition coefficient (Wildman–Crippen LogP) is 4.94. The minimum absolute atomic E-state index is 0.0997. The molecule has 3 aromatic rings. The van der Waals surface area contributed by atoms with Gasteiger partial charge in [0.2, 0.25) is 5.91 Å². The predicted molar refractivity (Wildman–Crippen MR) is 107 cm³/mol. The SMILES string of the molecule is Cc1cc(SCC(=O)Nc2cccc(C)c2C)nc(-c2cccc(F)c2)n1. The summed E-state index contributed by atoms with van der Waals surface area (Å²) < 4.78 is 13.5. The highest BCUT2D eigenvalue weighted by Gasteiger charge is 2.10. The number of nitrogens with zero attached hydrogens (tertiary/aromatic N) is 2. The van der Waals surface area contributed by atoms with E-state index in [9.17, 15) is 9.18 Å². The average molecular weight is 381 g/mol. The zero-order chi connectivity index (χ0) is 19.4. The first-order valence-electron chi connectivity index (χ1n) is 8.53. The van der Waals surface area contributed by atoms with Crippen LogP contribution in [0, 0.1) is 26.6 Å². The van der Waals surface area contributed by atoms with Crippen LogP contribution in [0.25, 0.3) is 11.4 Å². The molecular formula is C21H20FN3OS. The lowest BCUT2D eigenvalue weighted by Gasteiger charge is -2.10. The number of amides is 1. The third-order valence-corrected chi connectivity index (χ3v) is 5.05. The molecule has 0 aliphatic rings. The van der Waals surface area contributed by atoms with E-state index in [1.54, 1.807) is 12.1 Å². The lowest BCUT2D eigenvalue weighted by Crippen LogP contribution is -2.15. The molecule has 0 saturated carbocycles. The van der Waals surface area contributed by atoms with E-state index in [2.05, 4.69) is 15.3 Å². The quantitative estimate of drug-likeness (QED) is 0.502. The molecule has 0 radical (unpaired) electrons. The molecule has 27 heavy (non-hydrogen) atoms. The van der Waals surface area contributed by atoms with Crippen LogP contribution in [0.3, 0.4) is 0 Å². The molecule has 0 aliphatic heterocycles. The lowest BCUT2D eigenvalue weighted by atomic mass is 10.1. The smallest absolute Gasteiger partial charge is 0.234 e. The fourth-order valence-electron chi connectivity index (χ4n) is 2.58. The van der Waals surface area contributed by atoms with E-state index in [1.807, 2.05) is 45.0 Å². The number of anilines is 1. The number of hydrogen-bond acceptors (Lipinski definition) is 4. The topological polar surface area (TPSA) is 54.9 Å². The van der Waals surface area contributed by atoms with Crippen molar-refractivity contribution in [2.24, 2.45) is 0 Å². The standard InChI is InChI=1S/C21H20FN3OS/c1-13-6-4-9-18(15(13)3)24-19(26)12-27-20-10-14(2)23-21(25-20)16-7-5-8-17(22)11-16/h4-11H,12H2,1-3H3,(H,24,26). The molecule has 6 heteroatoms. The van der Waals surface area contributed by atoms with E-state index >= 15 is 0 Å². The molecule has 0 fully saturated rings. The highest BCUT2D eigenvalue weighted by Crippen LogP contribution is 2.23. The molecule has 0 saturated heterocycles. The van der Waals surface area contributed by atoms with Crippen LogP contribution < -0.4 is 5.32 Å². The van der Waals surface area contributed by atoms with Crippen molar-refractivity contribution in [1.29, 1.82) is 0 Å². The molecule has 1 amide bonds. The van der Waals surface area contributed by atoms with Crippen molar-refractivity contribution in [3.63, 3.8) is 0 Å². The number of aryl methyl sites for hydroxylation is 2. The third-order valence-electron chi connectivity index (χ3n) is 4.14. The summed E-state index contributed by atoms with van der Waals surface area (Å²) in [7, 11) is 0. The Morgan fingerprint density at radius 3 is 2.63 bits per heavy atom.